The summed E-state index contributed by atoms with van der Waals surface area (Å²) in [4.78, 5) is 28.8. The van der Waals surface area contributed by atoms with Crippen LogP contribution in [0.2, 0.25) is 5.02 Å². The van der Waals surface area contributed by atoms with E-state index in [0.717, 1.165) is 23.3 Å². The first-order chi connectivity index (χ1) is 17.5. The SMILES string of the molecule is CC[C@@H](C)NC(=O)[C@@H](Cc1ccccc1)N(Cc1ccc(Cl)cc1)C(=O)CCCOc1ccccc1. The number of amides is 2. The van der Waals surface area contributed by atoms with Crippen LogP contribution in [0, 0.1) is 0 Å². The minimum atomic E-state index is -0.639. The molecule has 0 aromatic heterocycles. The van der Waals surface area contributed by atoms with Gasteiger partial charge in [0, 0.05) is 30.5 Å². The van der Waals surface area contributed by atoms with E-state index >= 15 is 0 Å². The molecular weight excluding hydrogens is 472 g/mol. The van der Waals surface area contributed by atoms with E-state index in [0.29, 0.717) is 31.0 Å². The van der Waals surface area contributed by atoms with E-state index in [-0.39, 0.29) is 24.3 Å². The maximum Gasteiger partial charge on any atom is 0.243 e. The van der Waals surface area contributed by atoms with Gasteiger partial charge in [-0.1, -0.05) is 79.2 Å². The van der Waals surface area contributed by atoms with Crippen LogP contribution in [0.25, 0.3) is 0 Å². The number of para-hydroxylation sites is 1. The highest BCUT2D eigenvalue weighted by atomic mass is 35.5. The molecule has 0 aliphatic heterocycles. The molecule has 2 atom stereocenters. The number of rotatable bonds is 13. The van der Waals surface area contributed by atoms with E-state index in [2.05, 4.69) is 5.32 Å². The second-order valence-corrected chi connectivity index (χ2v) is 9.37. The minimum absolute atomic E-state index is 0.0162. The maximum atomic E-state index is 13.6. The zero-order chi connectivity index (χ0) is 25.8. The fraction of sp³-hybridized carbons (Fsp3) is 0.333. The van der Waals surface area contributed by atoms with Crippen LogP contribution in [0.5, 0.6) is 5.75 Å². The first-order valence-electron chi connectivity index (χ1n) is 12.5. The summed E-state index contributed by atoms with van der Waals surface area (Å²) in [5, 5.41) is 3.72. The van der Waals surface area contributed by atoms with Gasteiger partial charge in [0.05, 0.1) is 6.61 Å². The first kappa shape index (κ1) is 27.3. The standard InChI is InChI=1S/C30H35ClN2O3/c1-3-23(2)32-30(35)28(21-24-11-6-4-7-12-24)33(22-25-16-18-26(31)19-17-25)29(34)15-10-20-36-27-13-8-5-9-14-27/h4-9,11-14,16-19,23,28H,3,10,15,20-22H2,1-2H3,(H,32,35)/t23-,28-/m1/s1. The predicted molar refractivity (Wildman–Crippen MR) is 145 cm³/mol. The molecule has 3 aromatic carbocycles. The molecule has 0 bridgehead atoms. The fourth-order valence-electron chi connectivity index (χ4n) is 3.86. The predicted octanol–water partition coefficient (Wildman–Crippen LogP) is 6.05. The number of hydrogen-bond donors (Lipinski definition) is 1. The van der Waals surface area contributed by atoms with Gasteiger partial charge in [-0.25, -0.2) is 0 Å². The minimum Gasteiger partial charge on any atom is -0.494 e. The largest absolute Gasteiger partial charge is 0.494 e. The van der Waals surface area contributed by atoms with Crippen LogP contribution in [-0.4, -0.2) is 35.4 Å². The van der Waals surface area contributed by atoms with Crippen molar-refractivity contribution in [3.05, 3.63) is 101 Å². The topological polar surface area (TPSA) is 58.6 Å². The lowest BCUT2D eigenvalue weighted by atomic mass is 10.0. The Morgan fingerprint density at radius 3 is 2.19 bits per heavy atom. The molecule has 3 rings (SSSR count). The van der Waals surface area contributed by atoms with Crippen molar-refractivity contribution in [1.29, 1.82) is 0 Å². The molecular formula is C30H35ClN2O3. The summed E-state index contributed by atoms with van der Waals surface area (Å²) in [6.07, 6.45) is 2.08. The van der Waals surface area contributed by atoms with Gasteiger partial charge in [0.1, 0.15) is 11.8 Å². The smallest absolute Gasteiger partial charge is 0.243 e. The Hall–Kier alpha value is -3.31. The number of halogens is 1. The normalized spacial score (nSPS) is 12.4. The molecule has 0 radical (unpaired) electrons. The molecule has 6 heteroatoms. The van der Waals surface area contributed by atoms with Crippen molar-refractivity contribution in [1.82, 2.24) is 10.2 Å². The van der Waals surface area contributed by atoms with Crippen molar-refractivity contribution in [3.8, 4) is 5.75 Å². The van der Waals surface area contributed by atoms with Gasteiger partial charge in [0.2, 0.25) is 11.8 Å². The molecule has 0 saturated heterocycles. The highest BCUT2D eigenvalue weighted by Gasteiger charge is 2.30. The Morgan fingerprint density at radius 2 is 1.56 bits per heavy atom. The lowest BCUT2D eigenvalue weighted by Crippen LogP contribution is -2.52. The fourth-order valence-corrected chi connectivity index (χ4v) is 3.98. The summed E-state index contributed by atoms with van der Waals surface area (Å²) >= 11 is 6.08. The second-order valence-electron chi connectivity index (χ2n) is 8.94. The van der Waals surface area contributed by atoms with Gasteiger partial charge in [0.25, 0.3) is 0 Å². The third-order valence-corrected chi connectivity index (χ3v) is 6.34. The van der Waals surface area contributed by atoms with Crippen molar-refractivity contribution < 1.29 is 14.3 Å². The number of carbonyl (C=O) groups is 2. The number of ether oxygens (including phenoxy) is 1. The van der Waals surface area contributed by atoms with Crippen molar-refractivity contribution in [2.24, 2.45) is 0 Å². The lowest BCUT2D eigenvalue weighted by molar-refractivity contribution is -0.141. The molecule has 36 heavy (non-hydrogen) atoms. The molecule has 0 spiro atoms. The highest BCUT2D eigenvalue weighted by Crippen LogP contribution is 2.18. The van der Waals surface area contributed by atoms with Gasteiger partial charge in [-0.15, -0.1) is 0 Å². The van der Waals surface area contributed by atoms with E-state index in [1.54, 1.807) is 17.0 Å². The van der Waals surface area contributed by atoms with E-state index in [9.17, 15) is 9.59 Å². The number of nitrogens with one attached hydrogen (secondary N) is 1. The summed E-state index contributed by atoms with van der Waals surface area (Å²) in [6, 6.07) is 26.1. The summed E-state index contributed by atoms with van der Waals surface area (Å²) < 4.78 is 5.77. The molecule has 0 heterocycles. The summed E-state index contributed by atoms with van der Waals surface area (Å²) in [5.74, 6) is 0.552. The zero-order valence-electron chi connectivity index (χ0n) is 21.0. The Bertz CT molecular complexity index is 1070. The van der Waals surface area contributed by atoms with Crippen molar-refractivity contribution >= 4 is 23.4 Å². The Labute approximate surface area is 219 Å². The molecule has 5 nitrogen and oxygen atoms in total. The molecule has 0 unspecified atom stereocenters. The molecule has 1 N–H and O–H groups in total. The summed E-state index contributed by atoms with van der Waals surface area (Å²) in [6.45, 7) is 4.75. The maximum absolute atomic E-state index is 13.6. The van der Waals surface area contributed by atoms with Gasteiger partial charge in [-0.05, 0) is 55.2 Å². The Kier molecular flexibility index (Phi) is 10.8. The van der Waals surface area contributed by atoms with Crippen LogP contribution in [-0.2, 0) is 22.6 Å². The van der Waals surface area contributed by atoms with Crippen LogP contribution >= 0.6 is 11.6 Å². The number of carbonyl (C=O) groups excluding carboxylic acids is 2. The van der Waals surface area contributed by atoms with Crippen molar-refractivity contribution in [2.45, 2.75) is 58.2 Å². The van der Waals surface area contributed by atoms with Gasteiger partial charge < -0.3 is 15.0 Å². The first-order valence-corrected chi connectivity index (χ1v) is 12.9. The monoisotopic (exact) mass is 506 g/mol. The van der Waals surface area contributed by atoms with Crippen LogP contribution in [0.4, 0.5) is 0 Å². The van der Waals surface area contributed by atoms with Gasteiger partial charge in [-0.2, -0.15) is 0 Å². The molecule has 0 aliphatic rings. The van der Waals surface area contributed by atoms with Gasteiger partial charge in [0.15, 0.2) is 0 Å². The quantitative estimate of drug-likeness (QED) is 0.287. The molecule has 190 valence electrons. The van der Waals surface area contributed by atoms with Gasteiger partial charge >= 0.3 is 0 Å². The highest BCUT2D eigenvalue weighted by molar-refractivity contribution is 6.30. The van der Waals surface area contributed by atoms with E-state index in [4.69, 9.17) is 16.3 Å². The van der Waals surface area contributed by atoms with Crippen molar-refractivity contribution in [3.63, 3.8) is 0 Å². The molecule has 0 aliphatic carbocycles. The van der Waals surface area contributed by atoms with Gasteiger partial charge in [-0.3, -0.25) is 9.59 Å². The third kappa shape index (κ3) is 8.72. The number of benzene rings is 3. The third-order valence-electron chi connectivity index (χ3n) is 6.09. The Balaban J connectivity index is 1.80. The van der Waals surface area contributed by atoms with Crippen LogP contribution in [0.3, 0.4) is 0 Å². The van der Waals surface area contributed by atoms with E-state index < -0.39 is 6.04 Å². The summed E-state index contributed by atoms with van der Waals surface area (Å²) in [5.41, 5.74) is 1.92. The average molecular weight is 507 g/mol. The van der Waals surface area contributed by atoms with Crippen molar-refractivity contribution in [2.75, 3.05) is 6.61 Å². The zero-order valence-corrected chi connectivity index (χ0v) is 21.8. The average Bonchev–Trinajstić information content (AvgIpc) is 2.90. The molecule has 3 aromatic rings. The van der Waals surface area contributed by atoms with E-state index in [1.165, 1.54) is 0 Å². The molecule has 0 saturated carbocycles. The lowest BCUT2D eigenvalue weighted by Gasteiger charge is -2.32. The number of hydrogen-bond acceptors (Lipinski definition) is 3. The second kappa shape index (κ2) is 14.3. The summed E-state index contributed by atoms with van der Waals surface area (Å²) in [7, 11) is 0. The molecule has 0 fully saturated rings. The van der Waals surface area contributed by atoms with Crippen LogP contribution < -0.4 is 10.1 Å². The number of nitrogens with zero attached hydrogens (tertiary/aromatic N) is 1. The van der Waals surface area contributed by atoms with E-state index in [1.807, 2.05) is 86.6 Å². The Morgan fingerprint density at radius 1 is 0.917 bits per heavy atom. The van der Waals surface area contributed by atoms with Crippen LogP contribution in [0.1, 0.15) is 44.2 Å². The molecule has 2 amide bonds. The van der Waals surface area contributed by atoms with Crippen LogP contribution in [0.15, 0.2) is 84.9 Å².